The largest absolute Gasteiger partial charge is 0.414 e. The molecular weight excluding hydrogens is 368 g/mol. The third-order valence-electron chi connectivity index (χ3n) is 4.60. The van der Waals surface area contributed by atoms with Gasteiger partial charge in [-0.05, 0) is 37.2 Å². The van der Waals surface area contributed by atoms with Crippen molar-refractivity contribution in [1.29, 1.82) is 0 Å². The van der Waals surface area contributed by atoms with Crippen molar-refractivity contribution in [3.05, 3.63) is 42.5 Å². The molecule has 0 fully saturated rings. The summed E-state index contributed by atoms with van der Waals surface area (Å²) in [6.45, 7) is 16.7. The van der Waals surface area contributed by atoms with Gasteiger partial charge < -0.3 is 9.16 Å². The van der Waals surface area contributed by atoms with Gasteiger partial charge in [-0.25, -0.2) is 0 Å². The third-order valence-corrected chi connectivity index (χ3v) is 10.4. The Labute approximate surface area is 159 Å². The molecule has 0 saturated carbocycles. The minimum Gasteiger partial charge on any atom is -0.414 e. The Kier molecular flexibility index (Phi) is 8.22. The highest BCUT2D eigenvalue weighted by Crippen LogP contribution is 2.36. The van der Waals surface area contributed by atoms with Gasteiger partial charge in [-0.1, -0.05) is 44.5 Å². The zero-order valence-electron chi connectivity index (χ0n) is 16.7. The summed E-state index contributed by atoms with van der Waals surface area (Å²) in [4.78, 5) is 0.135. The molecule has 0 saturated heterocycles. The normalized spacial score (nSPS) is 14.2. The van der Waals surface area contributed by atoms with Gasteiger partial charge in [-0.15, -0.1) is 6.58 Å². The van der Waals surface area contributed by atoms with E-state index in [1.54, 1.807) is 18.2 Å². The average Bonchev–Trinajstić information content (AvgIpc) is 2.53. The number of ether oxygens (including phenoxy) is 1. The quantitative estimate of drug-likeness (QED) is 0.333. The van der Waals surface area contributed by atoms with Crippen LogP contribution in [-0.4, -0.2) is 42.7 Å². The summed E-state index contributed by atoms with van der Waals surface area (Å²) in [7, 11) is -5.79. The van der Waals surface area contributed by atoms with Gasteiger partial charge in [0.15, 0.2) is 8.32 Å². The van der Waals surface area contributed by atoms with Gasteiger partial charge in [0, 0.05) is 0 Å². The molecule has 1 aromatic carbocycles. The van der Waals surface area contributed by atoms with E-state index < -0.39 is 24.5 Å². The molecule has 0 N–H and O–H groups in total. The highest BCUT2D eigenvalue weighted by molar-refractivity contribution is 7.86. The molecular formula is C19H32O5SSi. The second-order valence-corrected chi connectivity index (χ2v) is 14.3. The van der Waals surface area contributed by atoms with Crippen LogP contribution in [0.3, 0.4) is 0 Å². The Balaban J connectivity index is 2.75. The topological polar surface area (TPSA) is 61.8 Å². The zero-order chi connectivity index (χ0) is 20.0. The number of benzene rings is 1. The maximum atomic E-state index is 12.4. The van der Waals surface area contributed by atoms with Crippen LogP contribution in [-0.2, 0) is 23.5 Å². The fraction of sp³-hybridized carbons (Fsp3) is 0.579. The van der Waals surface area contributed by atoms with Gasteiger partial charge in [0.2, 0.25) is 0 Å². The summed E-state index contributed by atoms with van der Waals surface area (Å²) >= 11 is 0. The summed E-state index contributed by atoms with van der Waals surface area (Å²) in [5.41, 5.74) is 0.985. The fourth-order valence-electron chi connectivity index (χ4n) is 1.80. The smallest absolute Gasteiger partial charge is 0.297 e. The maximum Gasteiger partial charge on any atom is 0.297 e. The van der Waals surface area contributed by atoms with E-state index in [1.807, 2.05) is 6.92 Å². The maximum absolute atomic E-state index is 12.4. The second-order valence-electron chi connectivity index (χ2n) is 7.87. The summed E-state index contributed by atoms with van der Waals surface area (Å²) < 4.78 is 41.7. The van der Waals surface area contributed by atoms with Crippen molar-refractivity contribution in [1.82, 2.24) is 0 Å². The molecule has 0 unspecified atom stereocenters. The molecule has 5 nitrogen and oxygen atoms in total. The summed E-state index contributed by atoms with van der Waals surface area (Å²) in [6, 6.07) is 6.55. The van der Waals surface area contributed by atoms with Crippen molar-refractivity contribution in [2.24, 2.45) is 0 Å². The molecule has 148 valence electrons. The van der Waals surface area contributed by atoms with E-state index in [2.05, 4.69) is 40.4 Å². The lowest BCUT2D eigenvalue weighted by molar-refractivity contribution is 0.00419. The first-order valence-corrected chi connectivity index (χ1v) is 13.0. The molecule has 0 bridgehead atoms. The Morgan fingerprint density at radius 1 is 1.15 bits per heavy atom. The summed E-state index contributed by atoms with van der Waals surface area (Å²) in [6.07, 6.45) is 1.13. The Bertz CT molecular complexity index is 675. The van der Waals surface area contributed by atoms with Crippen LogP contribution in [0.1, 0.15) is 26.3 Å². The first-order valence-electron chi connectivity index (χ1n) is 8.71. The highest BCUT2D eigenvalue weighted by atomic mass is 32.2. The van der Waals surface area contributed by atoms with E-state index in [-0.39, 0.29) is 23.1 Å². The van der Waals surface area contributed by atoms with E-state index in [1.165, 1.54) is 12.1 Å². The molecule has 26 heavy (non-hydrogen) atoms. The first-order chi connectivity index (χ1) is 11.9. The Morgan fingerprint density at radius 2 is 1.73 bits per heavy atom. The van der Waals surface area contributed by atoms with E-state index >= 15 is 0 Å². The SMILES string of the molecule is C=CCO[C@H](CO[Si](C)(C)C(C)(C)C)COS(=O)(=O)c1ccc(C)cc1. The molecule has 0 aliphatic rings. The molecule has 0 spiro atoms. The molecule has 0 aliphatic carbocycles. The minimum atomic E-state index is -3.83. The Morgan fingerprint density at radius 3 is 2.23 bits per heavy atom. The predicted octanol–water partition coefficient (Wildman–Crippen LogP) is 4.29. The van der Waals surface area contributed by atoms with Crippen LogP contribution in [0.2, 0.25) is 18.1 Å². The van der Waals surface area contributed by atoms with E-state index in [0.717, 1.165) is 5.56 Å². The Hall–Kier alpha value is -0.993. The van der Waals surface area contributed by atoms with E-state index in [9.17, 15) is 8.42 Å². The third kappa shape index (κ3) is 6.96. The monoisotopic (exact) mass is 400 g/mol. The molecule has 1 rings (SSSR count). The standard InChI is InChI=1S/C19H32O5SSi/c1-8-13-22-17(15-24-26(6,7)19(3,4)5)14-23-25(20,21)18-11-9-16(2)10-12-18/h8-12,17H,1,13-15H2,2-7H3/t17-/m0/s1. The highest BCUT2D eigenvalue weighted by Gasteiger charge is 2.37. The van der Waals surface area contributed by atoms with Gasteiger partial charge in [0.05, 0.1) is 24.7 Å². The number of rotatable bonds is 10. The van der Waals surface area contributed by atoms with Crippen molar-refractivity contribution in [2.75, 3.05) is 19.8 Å². The molecule has 0 aliphatic heterocycles. The van der Waals surface area contributed by atoms with Crippen LogP contribution < -0.4 is 0 Å². The van der Waals surface area contributed by atoms with Crippen LogP contribution in [0.15, 0.2) is 41.8 Å². The number of hydrogen-bond donors (Lipinski definition) is 0. The van der Waals surface area contributed by atoms with Crippen LogP contribution in [0.4, 0.5) is 0 Å². The second kappa shape index (κ2) is 9.28. The van der Waals surface area contributed by atoms with Gasteiger partial charge in [0.1, 0.15) is 6.10 Å². The van der Waals surface area contributed by atoms with Crippen LogP contribution in [0.5, 0.6) is 0 Å². The average molecular weight is 401 g/mol. The number of aryl methyl sites for hydroxylation is 1. The summed E-state index contributed by atoms with van der Waals surface area (Å²) in [5.74, 6) is 0. The van der Waals surface area contributed by atoms with Crippen LogP contribution in [0, 0.1) is 6.92 Å². The van der Waals surface area contributed by atoms with Crippen LogP contribution >= 0.6 is 0 Å². The lowest BCUT2D eigenvalue weighted by Crippen LogP contribution is -2.43. The van der Waals surface area contributed by atoms with Crippen molar-refractivity contribution >= 4 is 18.4 Å². The van der Waals surface area contributed by atoms with E-state index in [4.69, 9.17) is 13.3 Å². The fourth-order valence-corrected chi connectivity index (χ4v) is 3.78. The molecule has 7 heteroatoms. The molecule has 1 aromatic rings. The predicted molar refractivity (Wildman–Crippen MR) is 107 cm³/mol. The lowest BCUT2D eigenvalue weighted by Gasteiger charge is -2.37. The minimum absolute atomic E-state index is 0.0603. The van der Waals surface area contributed by atoms with Crippen molar-refractivity contribution < 1.29 is 21.8 Å². The molecule has 1 atom stereocenters. The van der Waals surface area contributed by atoms with Crippen molar-refractivity contribution in [2.45, 2.75) is 56.8 Å². The van der Waals surface area contributed by atoms with Gasteiger partial charge in [-0.3, -0.25) is 4.18 Å². The lowest BCUT2D eigenvalue weighted by atomic mass is 10.2. The first kappa shape index (κ1) is 23.0. The molecule has 0 aromatic heterocycles. The number of hydrogen-bond acceptors (Lipinski definition) is 5. The molecule has 0 amide bonds. The van der Waals surface area contributed by atoms with Crippen molar-refractivity contribution in [3.63, 3.8) is 0 Å². The molecule has 0 heterocycles. The van der Waals surface area contributed by atoms with Gasteiger partial charge in [-0.2, -0.15) is 8.42 Å². The van der Waals surface area contributed by atoms with Gasteiger partial charge >= 0.3 is 0 Å². The summed E-state index contributed by atoms with van der Waals surface area (Å²) in [5, 5.41) is 0.0603. The van der Waals surface area contributed by atoms with Gasteiger partial charge in [0.25, 0.3) is 10.1 Å². The van der Waals surface area contributed by atoms with Crippen LogP contribution in [0.25, 0.3) is 0 Å². The zero-order valence-corrected chi connectivity index (χ0v) is 18.6. The van der Waals surface area contributed by atoms with Crippen molar-refractivity contribution in [3.8, 4) is 0 Å². The molecule has 0 radical (unpaired) electrons. The van der Waals surface area contributed by atoms with E-state index in [0.29, 0.717) is 6.61 Å².